The lowest BCUT2D eigenvalue weighted by molar-refractivity contribution is -0.138. The second-order valence-corrected chi connectivity index (χ2v) is 12.4. The van der Waals surface area contributed by atoms with Crippen LogP contribution in [0.5, 0.6) is 0 Å². The van der Waals surface area contributed by atoms with Crippen molar-refractivity contribution in [1.82, 2.24) is 41.9 Å². The fourth-order valence-electron chi connectivity index (χ4n) is 5.53. The maximum absolute atomic E-state index is 13.7. The van der Waals surface area contributed by atoms with Crippen LogP contribution < -0.4 is 31.9 Å². The summed E-state index contributed by atoms with van der Waals surface area (Å²) in [5.74, 6) is -2.20. The van der Waals surface area contributed by atoms with Crippen LogP contribution in [-0.2, 0) is 30.5 Å². The number of H-pyrrole nitrogens is 1. The maximum Gasteiger partial charge on any atom is 0.246 e. The molecule has 4 atom stereocenters. The highest BCUT2D eigenvalue weighted by Crippen LogP contribution is 2.27. The van der Waals surface area contributed by atoms with E-state index in [1.807, 2.05) is 0 Å². The summed E-state index contributed by atoms with van der Waals surface area (Å²) in [7, 11) is 0. The lowest BCUT2D eigenvalue weighted by Gasteiger charge is -2.34. The van der Waals surface area contributed by atoms with Crippen LogP contribution in [0.25, 0.3) is 0 Å². The summed E-state index contributed by atoms with van der Waals surface area (Å²) in [6.07, 6.45) is 9.78. The summed E-state index contributed by atoms with van der Waals surface area (Å²) >= 11 is 0. The van der Waals surface area contributed by atoms with E-state index in [9.17, 15) is 24.0 Å². The van der Waals surface area contributed by atoms with E-state index in [1.54, 1.807) is 40.2 Å². The van der Waals surface area contributed by atoms with Gasteiger partial charge in [-0.05, 0) is 45.1 Å². The maximum atomic E-state index is 13.7. The number of rotatable bonds is 10. The lowest BCUT2D eigenvalue weighted by atomic mass is 9.84. The van der Waals surface area contributed by atoms with Crippen molar-refractivity contribution in [3.63, 3.8) is 0 Å². The van der Waals surface area contributed by atoms with Crippen molar-refractivity contribution < 1.29 is 24.0 Å². The number of imidazole rings is 1. The van der Waals surface area contributed by atoms with E-state index in [1.165, 1.54) is 6.42 Å². The van der Waals surface area contributed by atoms with Crippen LogP contribution in [0.1, 0.15) is 91.2 Å². The molecular formula is C30H50N8O5. The zero-order chi connectivity index (χ0) is 31.4. The Balaban J connectivity index is 1.84. The molecule has 240 valence electrons. The van der Waals surface area contributed by atoms with Crippen molar-refractivity contribution in [3.8, 4) is 0 Å². The molecule has 0 spiro atoms. The standard InChI is InChI=1S/C30H50N8O5/c1-5-22-27(41)36-24(15-20-9-7-6-8-10-20)26(40)33-14-12-30(4,38-25(39)19(2)3)29(43)37-23(28(42)35-22)11-13-31-16-21-17-32-18-34-21/h17-20,22-24,31H,5-16H2,1-4H3,(H,32,34)(H,33,40)(H,35,42)(H,36,41)(H,37,43)(H,38,39)/t22-,23-,24+,30+/m0/s1. The monoisotopic (exact) mass is 602 g/mol. The van der Waals surface area contributed by atoms with Crippen LogP contribution in [0.3, 0.4) is 0 Å². The van der Waals surface area contributed by atoms with Crippen LogP contribution in [0.2, 0.25) is 0 Å². The molecule has 7 N–H and O–H groups in total. The minimum absolute atomic E-state index is 0.0944. The van der Waals surface area contributed by atoms with E-state index >= 15 is 0 Å². The molecule has 0 aromatic carbocycles. The van der Waals surface area contributed by atoms with E-state index in [-0.39, 0.29) is 37.1 Å². The topological polar surface area (TPSA) is 186 Å². The quantitative estimate of drug-likeness (QED) is 0.193. The summed E-state index contributed by atoms with van der Waals surface area (Å²) < 4.78 is 0. The average Bonchev–Trinajstić information content (AvgIpc) is 3.50. The van der Waals surface area contributed by atoms with Crippen LogP contribution in [0, 0.1) is 11.8 Å². The predicted molar refractivity (Wildman–Crippen MR) is 161 cm³/mol. The summed E-state index contributed by atoms with van der Waals surface area (Å²) in [5.41, 5.74) is -0.525. The Hall–Kier alpha value is -3.48. The SMILES string of the molecule is CC[C@@H]1NC(=O)[C@H](CCNCc2cnc[nH]2)NC(=O)[C@](C)(NC(=O)C(C)C)CCNC(=O)[C@@H](CC2CCCCC2)NC1=O. The molecule has 43 heavy (non-hydrogen) atoms. The summed E-state index contributed by atoms with van der Waals surface area (Å²) in [4.78, 5) is 73.7. The molecule has 1 saturated heterocycles. The van der Waals surface area contributed by atoms with Gasteiger partial charge in [0.25, 0.3) is 0 Å². The van der Waals surface area contributed by atoms with Gasteiger partial charge in [0.05, 0.1) is 6.33 Å². The van der Waals surface area contributed by atoms with Gasteiger partial charge in [-0.15, -0.1) is 0 Å². The van der Waals surface area contributed by atoms with E-state index in [2.05, 4.69) is 41.9 Å². The van der Waals surface area contributed by atoms with E-state index in [4.69, 9.17) is 0 Å². The van der Waals surface area contributed by atoms with Crippen LogP contribution in [0.4, 0.5) is 0 Å². The highest BCUT2D eigenvalue weighted by molar-refractivity contribution is 5.97. The van der Waals surface area contributed by atoms with Gasteiger partial charge in [-0.1, -0.05) is 52.9 Å². The Bertz CT molecular complexity index is 1090. The summed E-state index contributed by atoms with van der Waals surface area (Å²) in [6, 6.07) is -2.63. The number of carbonyl (C=O) groups excluding carboxylic acids is 5. The first-order valence-electron chi connectivity index (χ1n) is 15.7. The normalized spacial score (nSPS) is 26.6. The Morgan fingerprint density at radius 3 is 2.35 bits per heavy atom. The minimum Gasteiger partial charge on any atom is -0.354 e. The second kappa shape index (κ2) is 16.4. The largest absolute Gasteiger partial charge is 0.354 e. The van der Waals surface area contributed by atoms with Crippen molar-refractivity contribution in [3.05, 3.63) is 18.2 Å². The molecule has 13 heteroatoms. The Kier molecular flexibility index (Phi) is 13.0. The highest BCUT2D eigenvalue weighted by Gasteiger charge is 2.39. The van der Waals surface area contributed by atoms with Crippen molar-refractivity contribution in [2.24, 2.45) is 11.8 Å². The third kappa shape index (κ3) is 10.3. The Labute approximate surface area is 254 Å². The fourth-order valence-corrected chi connectivity index (χ4v) is 5.53. The molecule has 3 rings (SSSR count). The zero-order valence-corrected chi connectivity index (χ0v) is 26.0. The minimum atomic E-state index is -1.40. The summed E-state index contributed by atoms with van der Waals surface area (Å²) in [5, 5.41) is 17.5. The van der Waals surface area contributed by atoms with Gasteiger partial charge in [-0.2, -0.15) is 0 Å². The fraction of sp³-hybridized carbons (Fsp3) is 0.733. The molecule has 0 unspecified atom stereocenters. The second-order valence-electron chi connectivity index (χ2n) is 12.4. The van der Waals surface area contributed by atoms with Crippen molar-refractivity contribution in [1.29, 1.82) is 0 Å². The number of hydrogen-bond acceptors (Lipinski definition) is 7. The molecule has 1 aromatic heterocycles. The van der Waals surface area contributed by atoms with Gasteiger partial charge < -0.3 is 36.9 Å². The number of aromatic nitrogens is 2. The first-order chi connectivity index (χ1) is 20.5. The van der Waals surface area contributed by atoms with Crippen LogP contribution in [0.15, 0.2) is 12.5 Å². The van der Waals surface area contributed by atoms with E-state index in [0.717, 1.165) is 31.4 Å². The number of carbonyl (C=O) groups is 5. The van der Waals surface area contributed by atoms with Crippen molar-refractivity contribution in [2.45, 2.75) is 116 Å². The van der Waals surface area contributed by atoms with Gasteiger partial charge in [-0.3, -0.25) is 24.0 Å². The smallest absolute Gasteiger partial charge is 0.246 e. The van der Waals surface area contributed by atoms with E-state index in [0.29, 0.717) is 31.8 Å². The average molecular weight is 603 g/mol. The number of hydrogen-bond donors (Lipinski definition) is 7. The third-order valence-electron chi connectivity index (χ3n) is 8.42. The molecule has 2 heterocycles. The van der Waals surface area contributed by atoms with Gasteiger partial charge >= 0.3 is 0 Å². The number of aromatic amines is 1. The zero-order valence-electron chi connectivity index (χ0n) is 26.0. The van der Waals surface area contributed by atoms with Gasteiger partial charge in [0.2, 0.25) is 29.5 Å². The first-order valence-corrected chi connectivity index (χ1v) is 15.7. The molecule has 13 nitrogen and oxygen atoms in total. The molecule has 1 aliphatic carbocycles. The molecule has 1 aliphatic heterocycles. The summed E-state index contributed by atoms with van der Waals surface area (Å²) in [6.45, 7) is 7.81. The molecule has 2 aliphatic rings. The molecule has 1 saturated carbocycles. The van der Waals surface area contributed by atoms with Crippen LogP contribution in [-0.4, -0.2) is 76.3 Å². The molecule has 1 aromatic rings. The first kappa shape index (κ1) is 34.0. The number of nitrogens with zero attached hydrogens (tertiary/aromatic N) is 1. The molecule has 5 amide bonds. The molecule has 2 fully saturated rings. The Morgan fingerprint density at radius 1 is 1.00 bits per heavy atom. The van der Waals surface area contributed by atoms with Gasteiger partial charge in [0, 0.05) is 30.9 Å². The lowest BCUT2D eigenvalue weighted by Crippen LogP contribution is -2.63. The Morgan fingerprint density at radius 2 is 1.70 bits per heavy atom. The molecular weight excluding hydrogens is 552 g/mol. The van der Waals surface area contributed by atoms with Gasteiger partial charge in [0.1, 0.15) is 23.7 Å². The third-order valence-corrected chi connectivity index (χ3v) is 8.42. The van der Waals surface area contributed by atoms with E-state index < -0.39 is 41.4 Å². The predicted octanol–water partition coefficient (Wildman–Crippen LogP) is 0.775. The van der Waals surface area contributed by atoms with Gasteiger partial charge in [0.15, 0.2) is 0 Å². The number of nitrogens with one attached hydrogen (secondary N) is 7. The van der Waals surface area contributed by atoms with Crippen molar-refractivity contribution >= 4 is 29.5 Å². The highest BCUT2D eigenvalue weighted by atomic mass is 16.2. The van der Waals surface area contributed by atoms with Gasteiger partial charge in [-0.25, -0.2) is 4.98 Å². The van der Waals surface area contributed by atoms with Crippen molar-refractivity contribution in [2.75, 3.05) is 13.1 Å². The molecule has 0 bridgehead atoms. The molecule has 0 radical (unpaired) electrons. The van der Waals surface area contributed by atoms with Crippen LogP contribution >= 0.6 is 0 Å². The number of amides is 5.